The lowest BCUT2D eigenvalue weighted by molar-refractivity contribution is -0.384. The van der Waals surface area contributed by atoms with Gasteiger partial charge in [-0.25, -0.2) is 9.59 Å². The first-order valence-corrected chi connectivity index (χ1v) is 11.3. The number of nitrogens with zero attached hydrogens (tertiary/aromatic N) is 3. The number of non-ortho nitro benzene ring substituents is 1. The minimum Gasteiger partial charge on any atom is -0.445 e. The Kier molecular flexibility index (Phi) is 8.09. The van der Waals surface area contributed by atoms with Crippen LogP contribution in [0.15, 0.2) is 54.6 Å². The van der Waals surface area contributed by atoms with E-state index in [1.54, 1.807) is 42.7 Å². The summed E-state index contributed by atoms with van der Waals surface area (Å²) < 4.78 is 11.1. The third-order valence-electron chi connectivity index (χ3n) is 5.43. The largest absolute Gasteiger partial charge is 0.445 e. The van der Waals surface area contributed by atoms with Crippen molar-refractivity contribution in [3.05, 3.63) is 75.8 Å². The molecule has 1 atom stereocenters. The van der Waals surface area contributed by atoms with E-state index >= 15 is 0 Å². The summed E-state index contributed by atoms with van der Waals surface area (Å²) >= 11 is 0. The summed E-state index contributed by atoms with van der Waals surface area (Å²) in [6, 6.07) is 15.3. The Labute approximate surface area is 199 Å². The van der Waals surface area contributed by atoms with Gasteiger partial charge in [-0.2, -0.15) is 0 Å². The zero-order valence-electron chi connectivity index (χ0n) is 19.8. The van der Waals surface area contributed by atoms with Crippen LogP contribution in [0.4, 0.5) is 15.3 Å². The molecule has 1 saturated heterocycles. The zero-order valence-corrected chi connectivity index (χ0v) is 19.8. The molecule has 0 N–H and O–H groups in total. The van der Waals surface area contributed by atoms with Gasteiger partial charge in [0.05, 0.1) is 11.0 Å². The average molecular weight is 470 g/mol. The van der Waals surface area contributed by atoms with E-state index in [-0.39, 0.29) is 24.9 Å². The van der Waals surface area contributed by atoms with Gasteiger partial charge in [0.2, 0.25) is 0 Å². The third-order valence-corrected chi connectivity index (χ3v) is 5.43. The molecule has 0 unspecified atom stereocenters. The molecule has 1 fully saturated rings. The Hall–Kier alpha value is -3.62. The van der Waals surface area contributed by atoms with Gasteiger partial charge in [0.15, 0.2) is 0 Å². The molecule has 2 amide bonds. The molecule has 0 aromatic heterocycles. The number of nitro benzene ring substituents is 1. The topological polar surface area (TPSA) is 102 Å². The van der Waals surface area contributed by atoms with Gasteiger partial charge in [-0.3, -0.25) is 15.0 Å². The lowest BCUT2D eigenvalue weighted by atomic mass is 10.0. The van der Waals surface area contributed by atoms with Crippen LogP contribution >= 0.6 is 0 Å². The lowest BCUT2D eigenvalue weighted by Gasteiger charge is -2.39. The van der Waals surface area contributed by atoms with Crippen LogP contribution in [0.2, 0.25) is 0 Å². The van der Waals surface area contributed by atoms with Crippen LogP contribution < -0.4 is 0 Å². The zero-order chi connectivity index (χ0) is 24.7. The fourth-order valence-corrected chi connectivity index (χ4v) is 3.77. The first-order chi connectivity index (χ1) is 16.1. The van der Waals surface area contributed by atoms with Crippen LogP contribution in [0.3, 0.4) is 0 Å². The second-order valence-electron chi connectivity index (χ2n) is 9.31. The molecule has 1 aliphatic rings. The monoisotopic (exact) mass is 469 g/mol. The predicted octanol–water partition coefficient (Wildman–Crippen LogP) is 5.13. The van der Waals surface area contributed by atoms with E-state index in [9.17, 15) is 19.7 Å². The molecule has 0 spiro atoms. The summed E-state index contributed by atoms with van der Waals surface area (Å²) in [7, 11) is 0. The number of hydrogen-bond acceptors (Lipinski definition) is 6. The van der Waals surface area contributed by atoms with Gasteiger partial charge >= 0.3 is 12.2 Å². The van der Waals surface area contributed by atoms with E-state index in [4.69, 9.17) is 9.47 Å². The van der Waals surface area contributed by atoms with Gasteiger partial charge in [0, 0.05) is 31.8 Å². The summed E-state index contributed by atoms with van der Waals surface area (Å²) in [4.78, 5) is 39.5. The van der Waals surface area contributed by atoms with Crippen LogP contribution in [0, 0.1) is 10.1 Å². The SMILES string of the molecule is CC(C)(C)OC(=O)N(Cc1ccc([N+](=O)[O-])cc1)[C@@H]1CCCN(C(=O)OCc2ccccc2)C1. The number of carbonyl (C=O) groups excluding carboxylic acids is 2. The molecule has 3 rings (SSSR count). The molecule has 1 aliphatic heterocycles. The Morgan fingerprint density at radius 2 is 1.76 bits per heavy atom. The second-order valence-corrected chi connectivity index (χ2v) is 9.31. The minimum atomic E-state index is -0.687. The van der Waals surface area contributed by atoms with Crippen molar-refractivity contribution < 1.29 is 24.0 Å². The summed E-state index contributed by atoms with van der Waals surface area (Å²) in [6.07, 6.45) is 0.502. The summed E-state index contributed by atoms with van der Waals surface area (Å²) in [5.41, 5.74) is 0.934. The van der Waals surface area contributed by atoms with Gasteiger partial charge in [-0.05, 0) is 44.7 Å². The molecule has 0 aliphatic carbocycles. The number of nitro groups is 1. The maximum atomic E-state index is 13.1. The Balaban J connectivity index is 1.71. The van der Waals surface area contributed by atoms with Crippen molar-refractivity contribution in [2.45, 2.75) is 58.4 Å². The van der Waals surface area contributed by atoms with Crippen molar-refractivity contribution in [2.75, 3.05) is 13.1 Å². The number of piperidine rings is 1. The van der Waals surface area contributed by atoms with Crippen molar-refractivity contribution in [3.8, 4) is 0 Å². The lowest BCUT2D eigenvalue weighted by Crippen LogP contribution is -2.52. The average Bonchev–Trinajstić information content (AvgIpc) is 2.81. The molecule has 1 heterocycles. The van der Waals surface area contributed by atoms with Gasteiger partial charge in [0.1, 0.15) is 12.2 Å². The summed E-state index contributed by atoms with van der Waals surface area (Å²) in [6.45, 7) is 6.64. The first kappa shape index (κ1) is 25.0. The molecule has 0 bridgehead atoms. The van der Waals surface area contributed by atoms with Crippen LogP contribution in [-0.2, 0) is 22.6 Å². The molecular weight excluding hydrogens is 438 g/mol. The van der Waals surface area contributed by atoms with Crippen LogP contribution in [0.1, 0.15) is 44.7 Å². The second kappa shape index (κ2) is 11.0. The maximum Gasteiger partial charge on any atom is 0.410 e. The highest BCUT2D eigenvalue weighted by atomic mass is 16.6. The fraction of sp³-hybridized carbons (Fsp3) is 0.440. The molecule has 9 nitrogen and oxygen atoms in total. The standard InChI is InChI=1S/C25H31N3O6/c1-25(2,3)34-24(30)27(16-19-11-13-21(14-12-19)28(31)32)22-10-7-15-26(17-22)23(29)33-18-20-8-5-4-6-9-20/h4-6,8-9,11-14,22H,7,10,15-18H2,1-3H3/t22-/m1/s1. The molecular formula is C25H31N3O6. The Morgan fingerprint density at radius 1 is 1.09 bits per heavy atom. The van der Waals surface area contributed by atoms with Gasteiger partial charge in [-0.15, -0.1) is 0 Å². The number of rotatable bonds is 6. The number of benzene rings is 2. The third kappa shape index (κ3) is 7.19. The number of hydrogen-bond donors (Lipinski definition) is 0. The van der Waals surface area contributed by atoms with Crippen molar-refractivity contribution in [1.29, 1.82) is 0 Å². The van der Waals surface area contributed by atoms with Crippen LogP contribution in [0.25, 0.3) is 0 Å². The van der Waals surface area contributed by atoms with Gasteiger partial charge < -0.3 is 14.4 Å². The van der Waals surface area contributed by atoms with Gasteiger partial charge in [-0.1, -0.05) is 42.5 Å². The van der Waals surface area contributed by atoms with E-state index in [1.165, 1.54) is 12.1 Å². The molecule has 0 radical (unpaired) electrons. The quantitative estimate of drug-likeness (QED) is 0.429. The summed E-state index contributed by atoms with van der Waals surface area (Å²) in [5, 5.41) is 11.0. The molecule has 182 valence electrons. The van der Waals surface area contributed by atoms with E-state index in [0.717, 1.165) is 11.1 Å². The molecule has 2 aromatic carbocycles. The van der Waals surface area contributed by atoms with Crippen molar-refractivity contribution >= 4 is 17.9 Å². The van der Waals surface area contributed by atoms with Crippen LogP contribution in [0.5, 0.6) is 0 Å². The number of carbonyl (C=O) groups is 2. The Morgan fingerprint density at radius 3 is 2.38 bits per heavy atom. The van der Waals surface area contributed by atoms with Gasteiger partial charge in [0.25, 0.3) is 5.69 Å². The highest BCUT2D eigenvalue weighted by Gasteiger charge is 2.33. The minimum absolute atomic E-state index is 0.0161. The smallest absolute Gasteiger partial charge is 0.410 e. The normalized spacial score (nSPS) is 16.0. The van der Waals surface area contributed by atoms with E-state index in [0.29, 0.717) is 25.9 Å². The van der Waals surface area contributed by atoms with E-state index in [1.807, 2.05) is 30.3 Å². The molecule has 34 heavy (non-hydrogen) atoms. The van der Waals surface area contributed by atoms with Crippen molar-refractivity contribution in [1.82, 2.24) is 9.80 Å². The van der Waals surface area contributed by atoms with Crippen molar-refractivity contribution in [3.63, 3.8) is 0 Å². The maximum absolute atomic E-state index is 13.1. The highest BCUT2D eigenvalue weighted by molar-refractivity contribution is 5.70. The number of amides is 2. The number of likely N-dealkylation sites (tertiary alicyclic amines) is 1. The van der Waals surface area contributed by atoms with Crippen LogP contribution in [-0.4, -0.2) is 51.6 Å². The summed E-state index contributed by atoms with van der Waals surface area (Å²) in [5.74, 6) is 0. The van der Waals surface area contributed by atoms with E-state index in [2.05, 4.69) is 0 Å². The Bertz CT molecular complexity index is 988. The first-order valence-electron chi connectivity index (χ1n) is 11.3. The molecule has 9 heteroatoms. The number of ether oxygens (including phenoxy) is 2. The predicted molar refractivity (Wildman–Crippen MR) is 126 cm³/mol. The molecule has 0 saturated carbocycles. The molecule has 2 aromatic rings. The highest BCUT2D eigenvalue weighted by Crippen LogP contribution is 2.23. The fourth-order valence-electron chi connectivity index (χ4n) is 3.77. The van der Waals surface area contributed by atoms with E-state index < -0.39 is 22.7 Å². The van der Waals surface area contributed by atoms with Crippen molar-refractivity contribution in [2.24, 2.45) is 0 Å².